The molecule has 0 saturated carbocycles. The van der Waals surface area contributed by atoms with Gasteiger partial charge in [-0.3, -0.25) is 9.88 Å². The number of piperazine rings is 1. The van der Waals surface area contributed by atoms with Gasteiger partial charge in [-0.15, -0.1) is 0 Å². The number of hydrogen-bond acceptors (Lipinski definition) is 5. The zero-order valence-corrected chi connectivity index (χ0v) is 15.4. The number of amides is 2. The molecule has 1 aliphatic heterocycles. The SMILES string of the molecule is CN1CCN(C[C@H](O)CN(C)C(=O)Nc2cccc3cccnc23)CC1. The summed E-state index contributed by atoms with van der Waals surface area (Å²) in [4.78, 5) is 22.9. The van der Waals surface area contributed by atoms with Crippen molar-refractivity contribution in [1.82, 2.24) is 19.7 Å². The highest BCUT2D eigenvalue weighted by Gasteiger charge is 2.20. The number of rotatable bonds is 5. The summed E-state index contributed by atoms with van der Waals surface area (Å²) in [6, 6.07) is 9.27. The highest BCUT2D eigenvalue weighted by Crippen LogP contribution is 2.20. The zero-order chi connectivity index (χ0) is 18.5. The zero-order valence-electron chi connectivity index (χ0n) is 15.4. The van der Waals surface area contributed by atoms with E-state index in [1.165, 1.54) is 4.90 Å². The number of para-hydroxylation sites is 1. The first-order chi connectivity index (χ1) is 12.5. The minimum Gasteiger partial charge on any atom is -0.390 e. The maximum absolute atomic E-state index is 12.5. The molecule has 1 aromatic heterocycles. The molecule has 1 atom stereocenters. The van der Waals surface area contributed by atoms with Gasteiger partial charge >= 0.3 is 6.03 Å². The van der Waals surface area contributed by atoms with Gasteiger partial charge in [0.1, 0.15) is 0 Å². The fourth-order valence-corrected chi connectivity index (χ4v) is 3.20. The number of fused-ring (bicyclic) bond motifs is 1. The minimum atomic E-state index is -0.570. The van der Waals surface area contributed by atoms with Crippen molar-refractivity contribution in [3.63, 3.8) is 0 Å². The lowest BCUT2D eigenvalue weighted by Crippen LogP contribution is -2.49. The Hall–Kier alpha value is -2.22. The van der Waals surface area contributed by atoms with Crippen LogP contribution in [0.1, 0.15) is 0 Å². The lowest BCUT2D eigenvalue weighted by Gasteiger charge is -2.34. The van der Waals surface area contributed by atoms with Gasteiger partial charge in [0.2, 0.25) is 0 Å². The number of aliphatic hydroxyl groups excluding tert-OH is 1. The minimum absolute atomic E-state index is 0.249. The van der Waals surface area contributed by atoms with Crippen molar-refractivity contribution in [3.05, 3.63) is 36.5 Å². The maximum Gasteiger partial charge on any atom is 0.321 e. The number of carbonyl (C=O) groups is 1. The molecule has 0 unspecified atom stereocenters. The van der Waals surface area contributed by atoms with Gasteiger partial charge in [-0.1, -0.05) is 18.2 Å². The molecule has 2 N–H and O–H groups in total. The normalized spacial score (nSPS) is 17.2. The van der Waals surface area contributed by atoms with Gasteiger partial charge in [0, 0.05) is 57.9 Å². The number of carbonyl (C=O) groups excluding carboxylic acids is 1. The fourth-order valence-electron chi connectivity index (χ4n) is 3.20. The molecule has 1 fully saturated rings. The Kier molecular flexibility index (Phi) is 6.03. The van der Waals surface area contributed by atoms with E-state index >= 15 is 0 Å². The van der Waals surface area contributed by atoms with Crippen LogP contribution in [-0.4, -0.2) is 90.3 Å². The number of hydrogen-bond donors (Lipinski definition) is 2. The van der Waals surface area contributed by atoms with Gasteiger partial charge in [-0.25, -0.2) is 4.79 Å². The second-order valence-electron chi connectivity index (χ2n) is 6.95. The quantitative estimate of drug-likeness (QED) is 0.844. The molecule has 2 heterocycles. The van der Waals surface area contributed by atoms with E-state index in [0.29, 0.717) is 12.2 Å². The molecule has 0 spiro atoms. The summed E-state index contributed by atoms with van der Waals surface area (Å²) in [6.07, 6.45) is 1.14. The molecule has 0 aliphatic carbocycles. The molecule has 7 nitrogen and oxygen atoms in total. The number of aliphatic hydroxyl groups is 1. The number of pyridine rings is 1. The Morgan fingerprint density at radius 1 is 1.27 bits per heavy atom. The summed E-state index contributed by atoms with van der Waals surface area (Å²) in [5.41, 5.74) is 1.43. The molecule has 140 valence electrons. The lowest BCUT2D eigenvalue weighted by molar-refractivity contribution is 0.0670. The molecule has 0 bridgehead atoms. The van der Waals surface area contributed by atoms with E-state index in [1.807, 2.05) is 30.3 Å². The van der Waals surface area contributed by atoms with Crippen LogP contribution in [0.5, 0.6) is 0 Å². The molecule has 1 aromatic carbocycles. The van der Waals surface area contributed by atoms with Crippen LogP contribution in [0.3, 0.4) is 0 Å². The molecular weight excluding hydrogens is 330 g/mol. The summed E-state index contributed by atoms with van der Waals surface area (Å²) < 4.78 is 0. The van der Waals surface area contributed by atoms with Crippen LogP contribution >= 0.6 is 0 Å². The van der Waals surface area contributed by atoms with Crippen molar-refractivity contribution >= 4 is 22.6 Å². The number of β-amino-alcohol motifs (C(OH)–C–C–N with tert-alkyl or cyclic N) is 1. The predicted octanol–water partition coefficient (Wildman–Crippen LogP) is 1.31. The van der Waals surface area contributed by atoms with Gasteiger partial charge in [-0.2, -0.15) is 0 Å². The molecule has 2 amide bonds. The van der Waals surface area contributed by atoms with Crippen LogP contribution in [0.25, 0.3) is 10.9 Å². The summed E-state index contributed by atoms with van der Waals surface area (Å²) >= 11 is 0. The van der Waals surface area contributed by atoms with Crippen molar-refractivity contribution < 1.29 is 9.90 Å². The van der Waals surface area contributed by atoms with Gasteiger partial charge < -0.3 is 20.2 Å². The fraction of sp³-hybridized carbons (Fsp3) is 0.474. The topological polar surface area (TPSA) is 71.9 Å². The molecule has 0 radical (unpaired) electrons. The average molecular weight is 357 g/mol. The van der Waals surface area contributed by atoms with E-state index in [4.69, 9.17) is 0 Å². The Balaban J connectivity index is 1.54. The van der Waals surface area contributed by atoms with Crippen LogP contribution in [0.2, 0.25) is 0 Å². The Labute approximate surface area is 154 Å². The number of urea groups is 1. The molecule has 1 aliphatic rings. The van der Waals surface area contributed by atoms with Crippen molar-refractivity contribution in [3.8, 4) is 0 Å². The van der Waals surface area contributed by atoms with Gasteiger partial charge in [-0.05, 0) is 19.2 Å². The maximum atomic E-state index is 12.5. The predicted molar refractivity (Wildman–Crippen MR) is 103 cm³/mol. The first kappa shape index (κ1) is 18.6. The highest BCUT2D eigenvalue weighted by molar-refractivity contribution is 5.99. The standard InChI is InChI=1S/C19H27N5O2/c1-22-9-11-24(12-10-22)14-16(25)13-23(2)19(26)21-17-7-3-5-15-6-4-8-20-18(15)17/h3-8,16,25H,9-14H2,1-2H3,(H,21,26)/t16-/m1/s1. The van der Waals surface area contributed by atoms with Crippen LogP contribution in [0.15, 0.2) is 36.5 Å². The van der Waals surface area contributed by atoms with Crippen molar-refractivity contribution in [2.75, 3.05) is 58.7 Å². The summed E-state index contributed by atoms with van der Waals surface area (Å²) in [6.45, 7) is 4.79. The van der Waals surface area contributed by atoms with E-state index in [9.17, 15) is 9.90 Å². The smallest absolute Gasteiger partial charge is 0.321 e. The molecule has 1 saturated heterocycles. The number of anilines is 1. The third-order valence-electron chi connectivity index (χ3n) is 4.77. The Morgan fingerprint density at radius 2 is 2.00 bits per heavy atom. The molecular formula is C19H27N5O2. The monoisotopic (exact) mass is 357 g/mol. The molecule has 7 heteroatoms. The van der Waals surface area contributed by atoms with E-state index in [1.54, 1.807) is 13.2 Å². The average Bonchev–Trinajstić information content (AvgIpc) is 2.64. The van der Waals surface area contributed by atoms with E-state index in [2.05, 4.69) is 27.1 Å². The third-order valence-corrected chi connectivity index (χ3v) is 4.77. The van der Waals surface area contributed by atoms with Crippen LogP contribution in [0.4, 0.5) is 10.5 Å². The first-order valence-corrected chi connectivity index (χ1v) is 8.98. The second kappa shape index (κ2) is 8.44. The Bertz CT molecular complexity index is 740. The molecule has 3 rings (SSSR count). The second-order valence-corrected chi connectivity index (χ2v) is 6.95. The summed E-state index contributed by atoms with van der Waals surface area (Å²) in [5.74, 6) is 0. The first-order valence-electron chi connectivity index (χ1n) is 8.98. The van der Waals surface area contributed by atoms with Gasteiger partial charge in [0.25, 0.3) is 0 Å². The van der Waals surface area contributed by atoms with Crippen LogP contribution in [0, 0.1) is 0 Å². The third kappa shape index (κ3) is 4.69. The number of nitrogens with one attached hydrogen (secondary N) is 1. The van der Waals surface area contributed by atoms with E-state index < -0.39 is 6.10 Å². The van der Waals surface area contributed by atoms with Gasteiger partial charge in [0.15, 0.2) is 0 Å². The summed E-state index contributed by atoms with van der Waals surface area (Å²) in [7, 11) is 3.80. The summed E-state index contributed by atoms with van der Waals surface area (Å²) in [5, 5.41) is 14.2. The van der Waals surface area contributed by atoms with Gasteiger partial charge in [0.05, 0.1) is 17.3 Å². The molecule has 2 aromatic rings. The van der Waals surface area contributed by atoms with Crippen molar-refractivity contribution in [1.29, 1.82) is 0 Å². The van der Waals surface area contributed by atoms with E-state index in [0.717, 1.165) is 37.1 Å². The van der Waals surface area contributed by atoms with Crippen LogP contribution in [-0.2, 0) is 0 Å². The number of nitrogens with zero attached hydrogens (tertiary/aromatic N) is 4. The number of aromatic nitrogens is 1. The Morgan fingerprint density at radius 3 is 2.77 bits per heavy atom. The lowest BCUT2D eigenvalue weighted by atomic mass is 10.2. The number of likely N-dealkylation sites (N-methyl/N-ethyl adjacent to an activating group) is 2. The largest absolute Gasteiger partial charge is 0.390 e. The van der Waals surface area contributed by atoms with Crippen LogP contribution < -0.4 is 5.32 Å². The molecule has 26 heavy (non-hydrogen) atoms. The van der Waals surface area contributed by atoms with E-state index in [-0.39, 0.29) is 12.6 Å². The van der Waals surface area contributed by atoms with Crippen molar-refractivity contribution in [2.24, 2.45) is 0 Å². The van der Waals surface area contributed by atoms with Crippen molar-refractivity contribution in [2.45, 2.75) is 6.10 Å². The number of benzene rings is 1. The highest BCUT2D eigenvalue weighted by atomic mass is 16.3.